The fourth-order valence-corrected chi connectivity index (χ4v) is 4.33. The Hall–Kier alpha value is -2.53. The molecule has 1 amide bonds. The summed E-state index contributed by atoms with van der Waals surface area (Å²) >= 11 is 0. The lowest BCUT2D eigenvalue weighted by Crippen LogP contribution is -2.43. The van der Waals surface area contributed by atoms with Crippen LogP contribution in [0.25, 0.3) is 5.82 Å². The molecule has 3 heterocycles. The van der Waals surface area contributed by atoms with Crippen LogP contribution in [0.2, 0.25) is 0 Å². The second kappa shape index (κ2) is 8.46. The Morgan fingerprint density at radius 3 is 2.48 bits per heavy atom. The number of carbonyl (C=O) groups is 1. The number of rotatable bonds is 6. The van der Waals surface area contributed by atoms with Crippen LogP contribution >= 0.6 is 0 Å². The zero-order valence-electron chi connectivity index (χ0n) is 16.8. The van der Waals surface area contributed by atoms with E-state index in [0.29, 0.717) is 31.7 Å². The molecular weight excluding hydrogens is 396 g/mol. The van der Waals surface area contributed by atoms with E-state index in [4.69, 9.17) is 0 Å². The molecular formula is C18H26N6O4S. The van der Waals surface area contributed by atoms with Crippen LogP contribution in [0.4, 0.5) is 0 Å². The first-order valence-corrected chi connectivity index (χ1v) is 11.3. The second-order valence-corrected chi connectivity index (χ2v) is 9.30. The number of hydrogen-bond acceptors (Lipinski definition) is 6. The van der Waals surface area contributed by atoms with Gasteiger partial charge >= 0.3 is 0 Å². The fraction of sp³-hybridized carbons (Fsp3) is 0.556. The Balaban J connectivity index is 1.57. The minimum absolute atomic E-state index is 0.124. The molecule has 0 radical (unpaired) electrons. The number of hydrogen-bond donors (Lipinski definition) is 1. The van der Waals surface area contributed by atoms with Crippen LogP contribution in [0.3, 0.4) is 0 Å². The van der Waals surface area contributed by atoms with Gasteiger partial charge in [-0.1, -0.05) is 0 Å². The molecule has 1 saturated heterocycles. The van der Waals surface area contributed by atoms with Gasteiger partial charge in [0.05, 0.1) is 18.5 Å². The van der Waals surface area contributed by atoms with Crippen molar-refractivity contribution in [1.82, 2.24) is 29.2 Å². The molecule has 0 saturated carbocycles. The van der Waals surface area contributed by atoms with Gasteiger partial charge in [-0.05, 0) is 38.8 Å². The van der Waals surface area contributed by atoms with E-state index in [0.717, 1.165) is 11.4 Å². The maximum Gasteiger partial charge on any atom is 0.266 e. The summed E-state index contributed by atoms with van der Waals surface area (Å²) in [6, 6.07) is 4.97. The van der Waals surface area contributed by atoms with Gasteiger partial charge in [-0.15, -0.1) is 5.10 Å². The molecule has 0 atom stereocenters. The van der Waals surface area contributed by atoms with E-state index < -0.39 is 10.0 Å². The Labute approximate surface area is 169 Å². The number of aromatic nitrogens is 4. The highest BCUT2D eigenvalue weighted by Crippen LogP contribution is 2.19. The van der Waals surface area contributed by atoms with Gasteiger partial charge in [-0.25, -0.2) is 22.1 Å². The van der Waals surface area contributed by atoms with E-state index in [1.165, 1.54) is 21.3 Å². The summed E-state index contributed by atoms with van der Waals surface area (Å²) in [5.41, 5.74) is 1.51. The van der Waals surface area contributed by atoms with Crippen molar-refractivity contribution in [3.05, 3.63) is 39.9 Å². The van der Waals surface area contributed by atoms with Gasteiger partial charge < -0.3 is 5.32 Å². The van der Waals surface area contributed by atoms with Crippen LogP contribution in [-0.4, -0.2) is 64.1 Å². The Morgan fingerprint density at radius 2 is 1.90 bits per heavy atom. The molecule has 3 rings (SSSR count). The lowest BCUT2D eigenvalue weighted by atomic mass is 9.97. The van der Waals surface area contributed by atoms with E-state index in [2.05, 4.69) is 15.5 Å². The first-order valence-electron chi connectivity index (χ1n) is 9.50. The van der Waals surface area contributed by atoms with E-state index >= 15 is 0 Å². The zero-order valence-corrected chi connectivity index (χ0v) is 17.6. The standard InChI is InChI=1S/C18H26N6O4S/c1-13-12-14(2)24(20-13)16-4-5-17(25)23(21-16)11-8-19-18(26)15-6-9-22(10-7-15)29(3,27)28/h4-5,12,15H,6-11H2,1-3H3,(H,19,26). The molecule has 29 heavy (non-hydrogen) atoms. The van der Waals surface area contributed by atoms with Crippen molar-refractivity contribution in [2.45, 2.75) is 33.2 Å². The van der Waals surface area contributed by atoms with Gasteiger partial charge in [0.1, 0.15) is 0 Å². The first kappa shape index (κ1) is 21.2. The van der Waals surface area contributed by atoms with E-state index in [-0.39, 0.29) is 30.5 Å². The highest BCUT2D eigenvalue weighted by Gasteiger charge is 2.28. The molecule has 10 nitrogen and oxygen atoms in total. The van der Waals surface area contributed by atoms with Crippen molar-refractivity contribution >= 4 is 15.9 Å². The molecule has 0 spiro atoms. The molecule has 1 aliphatic heterocycles. The monoisotopic (exact) mass is 422 g/mol. The van der Waals surface area contributed by atoms with Crippen molar-refractivity contribution in [2.75, 3.05) is 25.9 Å². The van der Waals surface area contributed by atoms with Crippen LogP contribution in [0, 0.1) is 19.8 Å². The summed E-state index contributed by atoms with van der Waals surface area (Å²) in [5.74, 6) is 0.189. The van der Waals surface area contributed by atoms with Gasteiger partial charge in [-0.3, -0.25) is 9.59 Å². The van der Waals surface area contributed by atoms with Crippen LogP contribution in [0.15, 0.2) is 23.0 Å². The largest absolute Gasteiger partial charge is 0.354 e. The number of carbonyl (C=O) groups excluding carboxylic acids is 1. The second-order valence-electron chi connectivity index (χ2n) is 7.32. The number of sulfonamides is 1. The highest BCUT2D eigenvalue weighted by molar-refractivity contribution is 7.88. The maximum atomic E-state index is 12.4. The maximum absolute atomic E-state index is 12.4. The minimum Gasteiger partial charge on any atom is -0.354 e. The molecule has 11 heteroatoms. The third-order valence-electron chi connectivity index (χ3n) is 5.00. The molecule has 0 aromatic carbocycles. The topological polar surface area (TPSA) is 119 Å². The summed E-state index contributed by atoms with van der Waals surface area (Å²) in [7, 11) is -3.21. The normalized spacial score (nSPS) is 16.1. The zero-order chi connectivity index (χ0) is 21.2. The molecule has 1 N–H and O–H groups in total. The summed E-state index contributed by atoms with van der Waals surface area (Å²) in [6.45, 7) is 4.99. The van der Waals surface area contributed by atoms with Crippen molar-refractivity contribution in [1.29, 1.82) is 0 Å². The van der Waals surface area contributed by atoms with E-state index in [1.807, 2.05) is 19.9 Å². The van der Waals surface area contributed by atoms with Crippen molar-refractivity contribution < 1.29 is 13.2 Å². The number of aryl methyl sites for hydroxylation is 2. The molecule has 1 fully saturated rings. The lowest BCUT2D eigenvalue weighted by molar-refractivity contribution is -0.126. The van der Waals surface area contributed by atoms with Gasteiger partial charge in [0, 0.05) is 37.3 Å². The van der Waals surface area contributed by atoms with E-state index in [9.17, 15) is 18.0 Å². The number of nitrogens with zero attached hydrogens (tertiary/aromatic N) is 5. The Kier molecular flexibility index (Phi) is 6.18. The average molecular weight is 423 g/mol. The SMILES string of the molecule is Cc1cc(C)n(-c2ccc(=O)n(CCNC(=O)C3CCN(S(C)(=O)=O)CC3)n2)n1. The van der Waals surface area contributed by atoms with Crippen molar-refractivity contribution in [3.63, 3.8) is 0 Å². The number of nitrogens with one attached hydrogen (secondary N) is 1. The molecule has 158 valence electrons. The van der Waals surface area contributed by atoms with Crippen molar-refractivity contribution in [2.24, 2.45) is 5.92 Å². The smallest absolute Gasteiger partial charge is 0.266 e. The Bertz CT molecular complexity index is 1050. The van der Waals surface area contributed by atoms with E-state index in [1.54, 1.807) is 10.7 Å². The molecule has 0 bridgehead atoms. The average Bonchev–Trinajstić information content (AvgIpc) is 3.00. The number of amides is 1. The van der Waals surface area contributed by atoms with Crippen LogP contribution in [-0.2, 0) is 21.4 Å². The third-order valence-corrected chi connectivity index (χ3v) is 6.30. The van der Waals surface area contributed by atoms with Gasteiger partial charge in [0.2, 0.25) is 15.9 Å². The summed E-state index contributed by atoms with van der Waals surface area (Å²) in [4.78, 5) is 24.5. The van der Waals surface area contributed by atoms with Crippen LogP contribution < -0.4 is 10.9 Å². The molecule has 0 unspecified atom stereocenters. The predicted octanol–water partition coefficient (Wildman–Crippen LogP) is -0.166. The number of piperidine rings is 1. The predicted molar refractivity (Wildman–Crippen MR) is 107 cm³/mol. The minimum atomic E-state index is -3.21. The van der Waals surface area contributed by atoms with Gasteiger partial charge in [0.15, 0.2) is 5.82 Å². The van der Waals surface area contributed by atoms with Crippen LogP contribution in [0.1, 0.15) is 24.2 Å². The Morgan fingerprint density at radius 1 is 1.21 bits per heavy atom. The van der Waals surface area contributed by atoms with Gasteiger partial charge in [-0.2, -0.15) is 5.10 Å². The third kappa shape index (κ3) is 5.10. The molecule has 0 aliphatic carbocycles. The van der Waals surface area contributed by atoms with Crippen LogP contribution in [0.5, 0.6) is 0 Å². The van der Waals surface area contributed by atoms with Crippen molar-refractivity contribution in [3.8, 4) is 5.82 Å². The summed E-state index contributed by atoms with van der Waals surface area (Å²) in [5, 5.41) is 11.5. The molecule has 1 aliphatic rings. The molecule has 2 aromatic rings. The quantitative estimate of drug-likeness (QED) is 0.691. The summed E-state index contributed by atoms with van der Waals surface area (Å²) < 4.78 is 27.5. The fourth-order valence-electron chi connectivity index (χ4n) is 3.45. The molecule has 2 aromatic heterocycles. The highest BCUT2D eigenvalue weighted by atomic mass is 32.2. The van der Waals surface area contributed by atoms with Gasteiger partial charge in [0.25, 0.3) is 5.56 Å². The summed E-state index contributed by atoms with van der Waals surface area (Å²) in [6.07, 6.45) is 2.16. The first-order chi connectivity index (χ1) is 13.6. The lowest BCUT2D eigenvalue weighted by Gasteiger charge is -2.29.